The molecule has 2 N–H and O–H groups in total. The van der Waals surface area contributed by atoms with Crippen molar-refractivity contribution in [1.82, 2.24) is 4.90 Å². The Morgan fingerprint density at radius 3 is 2.80 bits per heavy atom. The van der Waals surface area contributed by atoms with Gasteiger partial charge in [0.05, 0.1) is 12.7 Å². The van der Waals surface area contributed by atoms with Crippen LogP contribution in [0.15, 0.2) is 18.2 Å². The minimum absolute atomic E-state index is 0.152. The first-order valence-corrected chi connectivity index (χ1v) is 7.01. The molecule has 0 aliphatic carbocycles. The number of halogens is 1. The van der Waals surface area contributed by atoms with Gasteiger partial charge in [0.1, 0.15) is 5.82 Å². The van der Waals surface area contributed by atoms with Gasteiger partial charge >= 0.3 is 7.12 Å². The molecule has 0 saturated carbocycles. The van der Waals surface area contributed by atoms with E-state index in [1.807, 2.05) is 6.92 Å². The maximum absolute atomic E-state index is 14.0. The number of ether oxygens (including phenoxy) is 1. The predicted octanol–water partition coefficient (Wildman–Crippen LogP) is 0.505. The highest BCUT2D eigenvalue weighted by molar-refractivity contribution is 6.58. The first-order chi connectivity index (χ1) is 9.51. The molecule has 20 heavy (non-hydrogen) atoms. The van der Waals surface area contributed by atoms with E-state index in [1.165, 1.54) is 6.07 Å². The van der Waals surface area contributed by atoms with Crippen LogP contribution < -0.4 is 5.46 Å². The molecule has 1 aromatic rings. The lowest BCUT2D eigenvalue weighted by Gasteiger charge is -2.38. The summed E-state index contributed by atoms with van der Waals surface area (Å²) in [5, 5.41) is 18.1. The first-order valence-electron chi connectivity index (χ1n) is 7.01. The van der Waals surface area contributed by atoms with Crippen molar-refractivity contribution in [2.24, 2.45) is 0 Å². The topological polar surface area (TPSA) is 52.9 Å². The predicted molar refractivity (Wildman–Crippen MR) is 76.1 cm³/mol. The third-order valence-corrected chi connectivity index (χ3v) is 3.80. The molecule has 1 fully saturated rings. The zero-order valence-electron chi connectivity index (χ0n) is 11.9. The van der Waals surface area contributed by atoms with E-state index < -0.39 is 12.9 Å². The Morgan fingerprint density at radius 1 is 1.45 bits per heavy atom. The Kier molecular flexibility index (Phi) is 5.15. The van der Waals surface area contributed by atoms with Crippen LogP contribution in [0, 0.1) is 5.82 Å². The number of morpholine rings is 1. The van der Waals surface area contributed by atoms with Gasteiger partial charge in [-0.15, -0.1) is 0 Å². The van der Waals surface area contributed by atoms with Crippen LogP contribution in [0.5, 0.6) is 0 Å². The average molecular weight is 281 g/mol. The van der Waals surface area contributed by atoms with Gasteiger partial charge in [-0.1, -0.05) is 19.1 Å². The van der Waals surface area contributed by atoms with Gasteiger partial charge in [-0.3, -0.25) is 4.90 Å². The maximum atomic E-state index is 14.0. The van der Waals surface area contributed by atoms with Crippen LogP contribution in [0.3, 0.4) is 0 Å². The zero-order chi connectivity index (χ0) is 14.7. The molecule has 1 heterocycles. The van der Waals surface area contributed by atoms with Gasteiger partial charge in [0, 0.05) is 24.7 Å². The van der Waals surface area contributed by atoms with E-state index in [9.17, 15) is 4.39 Å². The van der Waals surface area contributed by atoms with Gasteiger partial charge in [-0.25, -0.2) is 4.39 Å². The van der Waals surface area contributed by atoms with Gasteiger partial charge in [0.25, 0.3) is 0 Å². The van der Waals surface area contributed by atoms with Crippen molar-refractivity contribution in [1.29, 1.82) is 0 Å². The highest BCUT2D eigenvalue weighted by Gasteiger charge is 2.26. The smallest absolute Gasteiger partial charge is 0.423 e. The molecule has 0 radical (unpaired) electrons. The van der Waals surface area contributed by atoms with Crippen molar-refractivity contribution < 1.29 is 19.2 Å². The number of nitrogens with zero attached hydrogens (tertiary/aromatic N) is 1. The molecule has 2 rings (SSSR count). The summed E-state index contributed by atoms with van der Waals surface area (Å²) in [7, 11) is -1.63. The first kappa shape index (κ1) is 15.4. The number of hydrogen-bond acceptors (Lipinski definition) is 4. The van der Waals surface area contributed by atoms with Gasteiger partial charge in [0.2, 0.25) is 0 Å². The Bertz CT molecular complexity index is 458. The summed E-state index contributed by atoms with van der Waals surface area (Å²) in [5.41, 5.74) is 0.746. The summed E-state index contributed by atoms with van der Waals surface area (Å²) < 4.78 is 19.6. The van der Waals surface area contributed by atoms with Crippen LogP contribution in [0.1, 0.15) is 25.8 Å². The minimum atomic E-state index is -1.63. The van der Waals surface area contributed by atoms with Crippen LogP contribution in [-0.2, 0) is 11.3 Å². The van der Waals surface area contributed by atoms with Crippen LogP contribution in [0.25, 0.3) is 0 Å². The maximum Gasteiger partial charge on any atom is 0.488 e. The van der Waals surface area contributed by atoms with E-state index >= 15 is 0 Å². The second-order valence-corrected chi connectivity index (χ2v) is 5.36. The van der Waals surface area contributed by atoms with Crippen molar-refractivity contribution in [2.75, 3.05) is 13.2 Å². The Balaban J connectivity index is 2.11. The lowest BCUT2D eigenvalue weighted by Crippen LogP contribution is -2.48. The summed E-state index contributed by atoms with van der Waals surface area (Å²) >= 11 is 0. The number of benzene rings is 1. The molecular weight excluding hydrogens is 260 g/mol. The van der Waals surface area contributed by atoms with E-state index in [1.54, 1.807) is 12.1 Å². The lowest BCUT2D eigenvalue weighted by molar-refractivity contribution is -0.0595. The van der Waals surface area contributed by atoms with Crippen molar-refractivity contribution in [3.8, 4) is 0 Å². The molecule has 6 heteroatoms. The molecule has 2 unspecified atom stereocenters. The van der Waals surface area contributed by atoms with Crippen molar-refractivity contribution in [3.05, 3.63) is 29.6 Å². The van der Waals surface area contributed by atoms with E-state index in [0.717, 1.165) is 13.0 Å². The molecule has 0 amide bonds. The van der Waals surface area contributed by atoms with Gasteiger partial charge < -0.3 is 14.8 Å². The standard InChI is InChI=1S/C14H21BFNO3/c1-3-13-9-20-10(2)7-17(13)8-11-4-5-12(15(18)19)6-14(11)16/h4-6,10,13,18-19H,3,7-9H2,1-2H3. The molecule has 0 bridgehead atoms. The molecule has 0 spiro atoms. The lowest BCUT2D eigenvalue weighted by atomic mass is 9.80. The van der Waals surface area contributed by atoms with E-state index in [2.05, 4.69) is 11.8 Å². The quantitative estimate of drug-likeness (QED) is 0.789. The van der Waals surface area contributed by atoms with E-state index in [4.69, 9.17) is 14.8 Å². The number of hydrogen-bond donors (Lipinski definition) is 2. The highest BCUT2D eigenvalue weighted by atomic mass is 19.1. The summed E-state index contributed by atoms with van der Waals surface area (Å²) in [6, 6.07) is 4.66. The average Bonchev–Trinajstić information content (AvgIpc) is 2.41. The molecule has 0 aromatic heterocycles. The second kappa shape index (κ2) is 6.67. The van der Waals surface area contributed by atoms with Gasteiger partial charge in [-0.2, -0.15) is 0 Å². The normalized spacial score (nSPS) is 23.9. The fourth-order valence-electron chi connectivity index (χ4n) is 2.55. The second-order valence-electron chi connectivity index (χ2n) is 5.36. The Labute approximate surface area is 119 Å². The SMILES string of the molecule is CCC1COC(C)CN1Cc1ccc(B(O)O)cc1F. The third kappa shape index (κ3) is 3.58. The largest absolute Gasteiger partial charge is 0.488 e. The van der Waals surface area contributed by atoms with Crippen molar-refractivity contribution in [3.63, 3.8) is 0 Å². The van der Waals surface area contributed by atoms with Gasteiger partial charge in [-0.05, 0) is 24.9 Å². The van der Waals surface area contributed by atoms with Gasteiger partial charge in [0.15, 0.2) is 0 Å². The van der Waals surface area contributed by atoms with Crippen LogP contribution in [0.4, 0.5) is 4.39 Å². The molecule has 110 valence electrons. The van der Waals surface area contributed by atoms with Crippen molar-refractivity contribution in [2.45, 2.75) is 39.0 Å². The zero-order valence-corrected chi connectivity index (χ0v) is 11.9. The van der Waals surface area contributed by atoms with Crippen LogP contribution in [-0.4, -0.2) is 47.4 Å². The fourth-order valence-corrected chi connectivity index (χ4v) is 2.55. The molecule has 1 saturated heterocycles. The third-order valence-electron chi connectivity index (χ3n) is 3.80. The summed E-state index contributed by atoms with van der Waals surface area (Å²) in [6.07, 6.45) is 1.11. The summed E-state index contributed by atoms with van der Waals surface area (Å²) in [5.74, 6) is -0.399. The van der Waals surface area contributed by atoms with Crippen molar-refractivity contribution >= 4 is 12.6 Å². The summed E-state index contributed by atoms with van der Waals surface area (Å²) in [6.45, 7) is 6.08. The molecule has 1 aromatic carbocycles. The molecule has 4 nitrogen and oxygen atoms in total. The van der Waals surface area contributed by atoms with Crippen LogP contribution >= 0.6 is 0 Å². The van der Waals surface area contributed by atoms with E-state index in [-0.39, 0.29) is 11.6 Å². The Hall–Kier alpha value is -0.945. The fraction of sp³-hybridized carbons (Fsp3) is 0.571. The minimum Gasteiger partial charge on any atom is -0.423 e. The highest BCUT2D eigenvalue weighted by Crippen LogP contribution is 2.18. The molecule has 1 aliphatic rings. The molecular formula is C14H21BFNO3. The monoisotopic (exact) mass is 281 g/mol. The number of rotatable bonds is 4. The molecule has 2 atom stereocenters. The van der Waals surface area contributed by atoms with E-state index in [0.29, 0.717) is 24.8 Å². The Morgan fingerprint density at radius 2 is 2.20 bits per heavy atom. The summed E-state index contributed by atoms with van der Waals surface area (Å²) in [4.78, 5) is 2.22. The van der Waals surface area contributed by atoms with Crippen LogP contribution in [0.2, 0.25) is 0 Å². The molecule has 1 aliphatic heterocycles.